The average molecular weight is 488 g/mol. The van der Waals surface area contributed by atoms with E-state index in [0.717, 1.165) is 5.56 Å². The Morgan fingerprint density at radius 3 is 2.57 bits per heavy atom. The number of benzene rings is 3. The highest BCUT2D eigenvalue weighted by Gasteiger charge is 2.13. The quantitative estimate of drug-likeness (QED) is 0.320. The van der Waals surface area contributed by atoms with E-state index in [-0.39, 0.29) is 5.91 Å². The molecule has 0 saturated heterocycles. The van der Waals surface area contributed by atoms with Crippen molar-refractivity contribution in [1.82, 2.24) is 5.43 Å². The van der Waals surface area contributed by atoms with E-state index >= 15 is 0 Å². The molecule has 0 spiro atoms. The number of hydrogen-bond acceptors (Lipinski definition) is 4. The summed E-state index contributed by atoms with van der Waals surface area (Å²) >= 11 is 9.78. The van der Waals surface area contributed by atoms with Gasteiger partial charge in [-0.1, -0.05) is 54.1 Å². The van der Waals surface area contributed by atoms with Crippen LogP contribution in [0.2, 0.25) is 5.02 Å². The zero-order valence-corrected chi connectivity index (χ0v) is 18.6. The molecule has 1 N–H and O–H groups in total. The van der Waals surface area contributed by atoms with Crippen LogP contribution in [0.15, 0.2) is 76.3 Å². The maximum atomic E-state index is 12.2. The maximum Gasteiger partial charge on any atom is 0.272 e. The molecule has 5 nitrogen and oxygen atoms in total. The number of hydrazone groups is 1. The van der Waals surface area contributed by atoms with Crippen LogP contribution in [-0.2, 0) is 6.61 Å². The summed E-state index contributed by atoms with van der Waals surface area (Å²) in [4.78, 5) is 12.2. The van der Waals surface area contributed by atoms with Gasteiger partial charge in [0.15, 0.2) is 11.5 Å². The second kappa shape index (κ2) is 10.8. The fourth-order valence-electron chi connectivity index (χ4n) is 2.67. The molecule has 1 amide bonds. The van der Waals surface area contributed by atoms with Crippen LogP contribution < -0.4 is 14.9 Å². The molecule has 154 valence electrons. The lowest BCUT2D eigenvalue weighted by Crippen LogP contribution is -2.18. The van der Waals surface area contributed by atoms with Gasteiger partial charge >= 0.3 is 0 Å². The summed E-state index contributed by atoms with van der Waals surface area (Å²) in [5.74, 6) is 0.661. The van der Waals surface area contributed by atoms with E-state index in [1.807, 2.05) is 43.3 Å². The SMILES string of the molecule is CCOc1cc(/C=N/NC(=O)c2ccccc2Br)cc(Cl)c1OCc1ccccc1. The van der Waals surface area contributed by atoms with Gasteiger partial charge in [0.25, 0.3) is 5.91 Å². The molecule has 0 fully saturated rings. The first kappa shape index (κ1) is 21.9. The van der Waals surface area contributed by atoms with Crippen LogP contribution >= 0.6 is 27.5 Å². The summed E-state index contributed by atoms with van der Waals surface area (Å²) < 4.78 is 12.3. The normalized spacial score (nSPS) is 10.8. The third kappa shape index (κ3) is 5.84. The number of halogens is 2. The lowest BCUT2D eigenvalue weighted by Gasteiger charge is -2.14. The van der Waals surface area contributed by atoms with Crippen LogP contribution in [0.3, 0.4) is 0 Å². The second-order valence-electron chi connectivity index (χ2n) is 6.22. The highest BCUT2D eigenvalue weighted by molar-refractivity contribution is 9.10. The Balaban J connectivity index is 1.73. The van der Waals surface area contributed by atoms with E-state index < -0.39 is 0 Å². The standard InChI is InChI=1S/C23H20BrClN2O3/c1-2-29-21-13-17(14-26-27-23(28)18-10-6-7-11-19(18)24)12-20(25)22(21)30-15-16-8-4-3-5-9-16/h3-14H,2,15H2,1H3,(H,27,28)/b26-14+. The van der Waals surface area contributed by atoms with Crippen molar-refractivity contribution < 1.29 is 14.3 Å². The third-order valence-electron chi connectivity index (χ3n) is 4.06. The van der Waals surface area contributed by atoms with E-state index in [1.54, 1.807) is 30.3 Å². The van der Waals surface area contributed by atoms with Crippen molar-refractivity contribution in [3.63, 3.8) is 0 Å². The first-order valence-electron chi connectivity index (χ1n) is 9.29. The molecule has 0 unspecified atom stereocenters. The van der Waals surface area contributed by atoms with Gasteiger partial charge < -0.3 is 9.47 Å². The number of amides is 1. The predicted molar refractivity (Wildman–Crippen MR) is 123 cm³/mol. The Morgan fingerprint density at radius 2 is 1.83 bits per heavy atom. The average Bonchev–Trinajstić information content (AvgIpc) is 2.74. The number of hydrogen-bond donors (Lipinski definition) is 1. The van der Waals surface area contributed by atoms with Gasteiger partial charge in [0.2, 0.25) is 0 Å². The van der Waals surface area contributed by atoms with Crippen LogP contribution in [0.1, 0.15) is 28.4 Å². The van der Waals surface area contributed by atoms with Crippen molar-refractivity contribution in [3.8, 4) is 11.5 Å². The first-order chi connectivity index (χ1) is 14.6. The topological polar surface area (TPSA) is 59.9 Å². The predicted octanol–water partition coefficient (Wildman–Crippen LogP) is 5.84. The van der Waals surface area contributed by atoms with Crippen LogP contribution in [-0.4, -0.2) is 18.7 Å². The molecule has 0 aliphatic heterocycles. The van der Waals surface area contributed by atoms with E-state index in [4.69, 9.17) is 21.1 Å². The molecule has 7 heteroatoms. The van der Waals surface area contributed by atoms with E-state index in [1.165, 1.54) is 6.21 Å². The van der Waals surface area contributed by atoms with E-state index in [0.29, 0.717) is 45.3 Å². The fourth-order valence-corrected chi connectivity index (χ4v) is 3.40. The molecule has 0 heterocycles. The van der Waals surface area contributed by atoms with Crippen LogP contribution in [0.4, 0.5) is 0 Å². The minimum Gasteiger partial charge on any atom is -0.490 e. The molecule has 0 aliphatic rings. The van der Waals surface area contributed by atoms with Crippen molar-refractivity contribution in [1.29, 1.82) is 0 Å². The molecule has 0 aromatic heterocycles. The molecule has 0 radical (unpaired) electrons. The summed E-state index contributed by atoms with van der Waals surface area (Å²) in [5, 5.41) is 4.42. The summed E-state index contributed by atoms with van der Waals surface area (Å²) in [5.41, 5.74) is 4.69. The molecule has 3 rings (SSSR count). The number of nitrogens with one attached hydrogen (secondary N) is 1. The van der Waals surface area contributed by atoms with Crippen LogP contribution in [0, 0.1) is 0 Å². The molecule has 0 atom stereocenters. The molecule has 0 aliphatic carbocycles. The Morgan fingerprint density at radius 1 is 1.10 bits per heavy atom. The van der Waals surface area contributed by atoms with Crippen LogP contribution in [0.5, 0.6) is 11.5 Å². The fraction of sp³-hybridized carbons (Fsp3) is 0.130. The minimum atomic E-state index is -0.322. The summed E-state index contributed by atoms with van der Waals surface area (Å²) in [6.45, 7) is 2.71. The highest BCUT2D eigenvalue weighted by Crippen LogP contribution is 2.37. The second-order valence-corrected chi connectivity index (χ2v) is 7.48. The Hall–Kier alpha value is -2.83. The maximum absolute atomic E-state index is 12.2. The van der Waals surface area contributed by atoms with Crippen molar-refractivity contribution in [2.75, 3.05) is 6.61 Å². The molecular formula is C23H20BrClN2O3. The Kier molecular flexibility index (Phi) is 7.88. The Labute approximate surface area is 188 Å². The number of carbonyl (C=O) groups excluding carboxylic acids is 1. The van der Waals surface area contributed by atoms with Gasteiger partial charge in [-0.05, 0) is 58.2 Å². The van der Waals surface area contributed by atoms with Crippen molar-refractivity contribution in [2.24, 2.45) is 5.10 Å². The van der Waals surface area contributed by atoms with Gasteiger partial charge in [-0.25, -0.2) is 5.43 Å². The summed E-state index contributed by atoms with van der Waals surface area (Å²) in [7, 11) is 0. The number of nitrogens with zero attached hydrogens (tertiary/aromatic N) is 1. The molecule has 0 bridgehead atoms. The van der Waals surface area contributed by atoms with Crippen LogP contribution in [0.25, 0.3) is 0 Å². The van der Waals surface area contributed by atoms with Gasteiger partial charge in [0.1, 0.15) is 6.61 Å². The highest BCUT2D eigenvalue weighted by atomic mass is 79.9. The lowest BCUT2D eigenvalue weighted by atomic mass is 10.2. The molecule has 3 aromatic carbocycles. The lowest BCUT2D eigenvalue weighted by molar-refractivity contribution is 0.0954. The van der Waals surface area contributed by atoms with E-state index in [9.17, 15) is 4.79 Å². The zero-order valence-electron chi connectivity index (χ0n) is 16.3. The largest absolute Gasteiger partial charge is 0.490 e. The molecule has 0 saturated carbocycles. The van der Waals surface area contributed by atoms with Gasteiger partial charge in [0, 0.05) is 4.47 Å². The summed E-state index contributed by atoms with van der Waals surface area (Å²) in [6, 6.07) is 20.4. The van der Waals surface area contributed by atoms with Gasteiger partial charge in [0.05, 0.1) is 23.4 Å². The first-order valence-corrected chi connectivity index (χ1v) is 10.5. The van der Waals surface area contributed by atoms with E-state index in [2.05, 4.69) is 26.5 Å². The monoisotopic (exact) mass is 486 g/mol. The molecule has 30 heavy (non-hydrogen) atoms. The van der Waals surface area contributed by atoms with Gasteiger partial charge in [-0.2, -0.15) is 5.10 Å². The zero-order chi connectivity index (χ0) is 21.3. The number of rotatable bonds is 8. The van der Waals surface area contributed by atoms with Crippen molar-refractivity contribution >= 4 is 39.7 Å². The molecular weight excluding hydrogens is 468 g/mol. The summed E-state index contributed by atoms with van der Waals surface area (Å²) in [6.07, 6.45) is 1.50. The van der Waals surface area contributed by atoms with Crippen molar-refractivity contribution in [2.45, 2.75) is 13.5 Å². The van der Waals surface area contributed by atoms with Gasteiger partial charge in [-0.3, -0.25) is 4.79 Å². The van der Waals surface area contributed by atoms with Crippen molar-refractivity contribution in [3.05, 3.63) is 92.9 Å². The minimum absolute atomic E-state index is 0.322. The Bertz CT molecular complexity index is 1040. The number of ether oxygens (including phenoxy) is 2. The van der Waals surface area contributed by atoms with Gasteiger partial charge in [-0.15, -0.1) is 0 Å². The third-order valence-corrected chi connectivity index (χ3v) is 5.03. The molecule has 3 aromatic rings. The smallest absolute Gasteiger partial charge is 0.272 e. The number of carbonyl (C=O) groups is 1.